The first kappa shape index (κ1) is 17.2. The van der Waals surface area contributed by atoms with E-state index < -0.39 is 0 Å². The van der Waals surface area contributed by atoms with Gasteiger partial charge in [0.05, 0.1) is 17.4 Å². The monoisotopic (exact) mass is 375 g/mol. The Hall–Kier alpha value is -3.25. The Kier molecular flexibility index (Phi) is 4.56. The average molecular weight is 375 g/mol. The van der Waals surface area contributed by atoms with Gasteiger partial charge in [0.15, 0.2) is 5.65 Å². The number of aromatic nitrogens is 2. The van der Waals surface area contributed by atoms with Crippen molar-refractivity contribution in [2.45, 2.75) is 6.92 Å². The number of methoxy groups -OCH3 is 1. The van der Waals surface area contributed by atoms with E-state index in [0.29, 0.717) is 17.0 Å². The summed E-state index contributed by atoms with van der Waals surface area (Å²) in [7, 11) is 1.56. The number of carbonyl (C=O) groups is 1. The van der Waals surface area contributed by atoms with E-state index in [1.807, 2.05) is 55.5 Å². The van der Waals surface area contributed by atoms with E-state index in [-0.39, 0.29) is 5.91 Å². The first-order valence-corrected chi connectivity index (χ1v) is 9.24. The zero-order chi connectivity index (χ0) is 18.8. The number of nitrogens with zero attached hydrogens (tertiary/aromatic N) is 2. The fourth-order valence-corrected chi connectivity index (χ4v) is 3.73. The maximum atomic E-state index is 12.7. The van der Waals surface area contributed by atoms with Crippen molar-refractivity contribution in [3.63, 3.8) is 0 Å². The quantitative estimate of drug-likeness (QED) is 0.549. The lowest BCUT2D eigenvalue weighted by atomic mass is 10.1. The van der Waals surface area contributed by atoms with Crippen LogP contribution in [-0.2, 0) is 0 Å². The van der Waals surface area contributed by atoms with Gasteiger partial charge in [-0.1, -0.05) is 18.2 Å². The molecule has 0 aliphatic rings. The van der Waals surface area contributed by atoms with Crippen molar-refractivity contribution >= 4 is 33.3 Å². The summed E-state index contributed by atoms with van der Waals surface area (Å²) in [6.45, 7) is 1.96. The van der Waals surface area contributed by atoms with Crippen LogP contribution in [0, 0.1) is 6.92 Å². The number of amides is 1. The number of benzene rings is 2. The highest BCUT2D eigenvalue weighted by molar-refractivity contribution is 7.21. The molecule has 1 amide bonds. The third kappa shape index (κ3) is 3.52. The molecule has 5 nitrogen and oxygen atoms in total. The van der Waals surface area contributed by atoms with Crippen LogP contribution in [0.2, 0.25) is 0 Å². The van der Waals surface area contributed by atoms with Crippen molar-refractivity contribution in [3.8, 4) is 16.3 Å². The number of rotatable bonds is 4. The number of fused-ring (bicyclic) bond motifs is 1. The molecule has 0 radical (unpaired) electrons. The molecule has 6 heteroatoms. The van der Waals surface area contributed by atoms with E-state index in [9.17, 15) is 4.79 Å². The van der Waals surface area contributed by atoms with Crippen molar-refractivity contribution in [2.75, 3.05) is 12.4 Å². The number of thiazole rings is 1. The van der Waals surface area contributed by atoms with Gasteiger partial charge in [-0.2, -0.15) is 0 Å². The Morgan fingerprint density at radius 3 is 2.81 bits per heavy atom. The highest BCUT2D eigenvalue weighted by Gasteiger charge is 2.13. The minimum atomic E-state index is -0.213. The standard InChI is InChI=1S/C21H17N3O2S/c1-13-8-9-16(17(11-13)26-2)20(25)23-15-6-3-5-14(12-15)21-24-19-18(27-21)7-4-10-22-19/h3-12H,1-2H3,(H,23,25). The van der Waals surface area contributed by atoms with Gasteiger partial charge in [0, 0.05) is 17.4 Å². The van der Waals surface area contributed by atoms with E-state index in [1.165, 1.54) is 0 Å². The summed E-state index contributed by atoms with van der Waals surface area (Å²) in [4.78, 5) is 21.5. The molecular formula is C21H17N3O2S. The SMILES string of the molecule is COc1cc(C)ccc1C(=O)Nc1cccc(-c2nc3ncccc3s2)c1. The Bertz CT molecular complexity index is 1100. The van der Waals surface area contributed by atoms with Gasteiger partial charge < -0.3 is 10.1 Å². The molecule has 0 fully saturated rings. The second-order valence-corrected chi connectivity index (χ2v) is 7.11. The fourth-order valence-electron chi connectivity index (χ4n) is 2.81. The van der Waals surface area contributed by atoms with Gasteiger partial charge in [-0.05, 0) is 48.9 Å². The van der Waals surface area contributed by atoms with Gasteiger partial charge in [-0.25, -0.2) is 9.97 Å². The highest BCUT2D eigenvalue weighted by atomic mass is 32.1. The molecule has 4 rings (SSSR count). The molecule has 0 bridgehead atoms. The number of ether oxygens (including phenoxy) is 1. The number of carbonyl (C=O) groups excluding carboxylic acids is 1. The molecule has 0 spiro atoms. The molecule has 0 saturated carbocycles. The topological polar surface area (TPSA) is 64.1 Å². The Balaban J connectivity index is 1.62. The Morgan fingerprint density at radius 2 is 2.00 bits per heavy atom. The Labute approximate surface area is 160 Å². The number of hydrogen-bond donors (Lipinski definition) is 1. The van der Waals surface area contributed by atoms with Gasteiger partial charge in [-0.15, -0.1) is 11.3 Å². The molecule has 2 aromatic carbocycles. The number of anilines is 1. The summed E-state index contributed by atoms with van der Waals surface area (Å²) < 4.78 is 6.37. The van der Waals surface area contributed by atoms with E-state index >= 15 is 0 Å². The predicted octanol–water partition coefficient (Wildman–Crippen LogP) is 4.93. The van der Waals surface area contributed by atoms with Crippen molar-refractivity contribution in [1.29, 1.82) is 0 Å². The lowest BCUT2D eigenvalue weighted by Gasteiger charge is -2.10. The minimum absolute atomic E-state index is 0.213. The van der Waals surface area contributed by atoms with E-state index in [2.05, 4.69) is 15.3 Å². The van der Waals surface area contributed by atoms with Crippen molar-refractivity contribution < 1.29 is 9.53 Å². The second-order valence-electron chi connectivity index (χ2n) is 6.08. The summed E-state index contributed by atoms with van der Waals surface area (Å²) in [5, 5.41) is 3.81. The molecule has 0 aliphatic carbocycles. The minimum Gasteiger partial charge on any atom is -0.496 e. The predicted molar refractivity (Wildman–Crippen MR) is 109 cm³/mol. The summed E-state index contributed by atoms with van der Waals surface area (Å²) in [5.74, 6) is 0.343. The summed E-state index contributed by atoms with van der Waals surface area (Å²) in [6.07, 6.45) is 1.73. The Morgan fingerprint density at radius 1 is 1.11 bits per heavy atom. The van der Waals surface area contributed by atoms with Gasteiger partial charge in [0.1, 0.15) is 10.8 Å². The first-order valence-electron chi connectivity index (χ1n) is 8.42. The lowest BCUT2D eigenvalue weighted by molar-refractivity contribution is 0.102. The van der Waals surface area contributed by atoms with Crippen LogP contribution in [0.1, 0.15) is 15.9 Å². The molecule has 2 aromatic heterocycles. The molecule has 0 atom stereocenters. The smallest absolute Gasteiger partial charge is 0.259 e. The number of aryl methyl sites for hydroxylation is 1. The molecule has 4 aromatic rings. The van der Waals surface area contributed by atoms with Crippen molar-refractivity contribution in [2.24, 2.45) is 0 Å². The molecule has 27 heavy (non-hydrogen) atoms. The average Bonchev–Trinajstić information content (AvgIpc) is 3.12. The van der Waals surface area contributed by atoms with Crippen LogP contribution in [0.15, 0.2) is 60.8 Å². The molecule has 0 saturated heterocycles. The zero-order valence-electron chi connectivity index (χ0n) is 14.9. The number of nitrogens with one attached hydrogen (secondary N) is 1. The van der Waals surface area contributed by atoms with Crippen LogP contribution < -0.4 is 10.1 Å². The van der Waals surface area contributed by atoms with Gasteiger partial charge >= 0.3 is 0 Å². The number of hydrogen-bond acceptors (Lipinski definition) is 5. The third-order valence-corrected chi connectivity index (χ3v) is 5.19. The van der Waals surface area contributed by atoms with Gasteiger partial charge in [0.2, 0.25) is 0 Å². The van der Waals surface area contributed by atoms with Gasteiger partial charge in [-0.3, -0.25) is 4.79 Å². The molecule has 134 valence electrons. The van der Waals surface area contributed by atoms with Gasteiger partial charge in [0.25, 0.3) is 5.91 Å². The van der Waals surface area contributed by atoms with Crippen LogP contribution in [0.25, 0.3) is 20.9 Å². The van der Waals surface area contributed by atoms with Crippen molar-refractivity contribution in [3.05, 3.63) is 71.9 Å². The van der Waals surface area contributed by atoms with E-state index in [4.69, 9.17) is 4.74 Å². The molecule has 1 N–H and O–H groups in total. The highest BCUT2D eigenvalue weighted by Crippen LogP contribution is 2.30. The molecule has 0 aliphatic heterocycles. The lowest BCUT2D eigenvalue weighted by Crippen LogP contribution is -2.13. The summed E-state index contributed by atoms with van der Waals surface area (Å²) in [6, 6.07) is 17.0. The summed E-state index contributed by atoms with van der Waals surface area (Å²) in [5.41, 5.74) is 3.91. The zero-order valence-corrected chi connectivity index (χ0v) is 15.7. The van der Waals surface area contributed by atoms with Crippen LogP contribution in [0.3, 0.4) is 0 Å². The van der Waals surface area contributed by atoms with E-state index in [1.54, 1.807) is 30.7 Å². The van der Waals surface area contributed by atoms with Crippen LogP contribution in [0.5, 0.6) is 5.75 Å². The molecular weight excluding hydrogens is 358 g/mol. The van der Waals surface area contributed by atoms with Crippen LogP contribution in [0.4, 0.5) is 5.69 Å². The number of pyridine rings is 1. The molecule has 0 unspecified atom stereocenters. The third-order valence-electron chi connectivity index (χ3n) is 4.13. The fraction of sp³-hybridized carbons (Fsp3) is 0.0952. The van der Waals surface area contributed by atoms with Crippen LogP contribution in [-0.4, -0.2) is 23.0 Å². The van der Waals surface area contributed by atoms with Crippen molar-refractivity contribution in [1.82, 2.24) is 9.97 Å². The normalized spacial score (nSPS) is 10.7. The van der Waals surface area contributed by atoms with Crippen LogP contribution >= 0.6 is 11.3 Å². The maximum absolute atomic E-state index is 12.7. The van der Waals surface area contributed by atoms with E-state index in [0.717, 1.165) is 26.5 Å². The first-order chi connectivity index (χ1) is 13.1. The molecule has 2 heterocycles. The second kappa shape index (κ2) is 7.17. The largest absolute Gasteiger partial charge is 0.496 e. The maximum Gasteiger partial charge on any atom is 0.259 e. The summed E-state index contributed by atoms with van der Waals surface area (Å²) >= 11 is 1.58.